The molecule has 0 aliphatic heterocycles. The molecule has 2 rings (SSSR count). The molecule has 56 valence electrons. The second-order valence-corrected chi connectivity index (χ2v) is 2.72. The molecule has 0 unspecified atom stereocenters. The molecule has 6 heteroatoms. The van der Waals surface area contributed by atoms with Gasteiger partial charge in [-0.2, -0.15) is 13.8 Å². The maximum absolute atomic E-state index is 5.71. The summed E-state index contributed by atoms with van der Waals surface area (Å²) < 4.78 is 9.34. The van der Waals surface area contributed by atoms with Gasteiger partial charge < -0.3 is 0 Å². The lowest BCUT2D eigenvalue weighted by molar-refractivity contribution is 0.859. The van der Waals surface area contributed by atoms with E-state index < -0.39 is 0 Å². The lowest BCUT2D eigenvalue weighted by Crippen LogP contribution is -1.94. The molecule has 0 fully saturated rings. The zero-order chi connectivity index (χ0) is 7.68. The van der Waals surface area contributed by atoms with Gasteiger partial charge in [-0.15, -0.1) is 0 Å². The van der Waals surface area contributed by atoms with E-state index in [1.807, 2.05) is 0 Å². The molecule has 0 aliphatic rings. The van der Waals surface area contributed by atoms with Crippen LogP contribution in [0.2, 0.25) is 5.15 Å². The number of aromatic nitrogens is 4. The summed E-state index contributed by atoms with van der Waals surface area (Å²) in [4.78, 5) is 0. The van der Waals surface area contributed by atoms with Crippen LogP contribution in [0.25, 0.3) is 5.82 Å². The topological polar surface area (TPSA) is 43.6 Å². The van der Waals surface area contributed by atoms with Crippen LogP contribution in [0.4, 0.5) is 0 Å². The average molecular weight is 187 g/mol. The highest BCUT2D eigenvalue weighted by molar-refractivity contribution is 6.99. The van der Waals surface area contributed by atoms with Crippen molar-refractivity contribution in [1.82, 2.24) is 18.5 Å². The highest BCUT2D eigenvalue weighted by atomic mass is 35.5. The molecule has 0 aliphatic carbocycles. The first-order valence-electron chi connectivity index (χ1n) is 2.86. The first-order chi connectivity index (χ1) is 5.38. The quantitative estimate of drug-likeness (QED) is 0.676. The van der Waals surface area contributed by atoms with Crippen LogP contribution in [-0.4, -0.2) is 18.5 Å². The summed E-state index contributed by atoms with van der Waals surface area (Å²) in [5.74, 6) is 0.585. The Morgan fingerprint density at radius 3 is 2.91 bits per heavy atom. The van der Waals surface area contributed by atoms with E-state index in [-0.39, 0.29) is 0 Å². The van der Waals surface area contributed by atoms with E-state index in [0.717, 1.165) is 11.7 Å². The Morgan fingerprint density at radius 2 is 2.36 bits per heavy atom. The Balaban J connectivity index is 2.53. The van der Waals surface area contributed by atoms with Gasteiger partial charge in [0.1, 0.15) is 0 Å². The van der Waals surface area contributed by atoms with Gasteiger partial charge >= 0.3 is 0 Å². The zero-order valence-corrected chi connectivity index (χ0v) is 6.88. The third-order valence-corrected chi connectivity index (χ3v) is 2.03. The molecule has 0 bridgehead atoms. The fourth-order valence-electron chi connectivity index (χ4n) is 0.704. The molecule has 2 aromatic rings. The van der Waals surface area contributed by atoms with Crippen LogP contribution in [0.5, 0.6) is 0 Å². The maximum atomic E-state index is 5.71. The predicted molar refractivity (Wildman–Crippen MR) is 42.0 cm³/mol. The Hall–Kier alpha value is -0.940. The molecule has 0 amide bonds. The van der Waals surface area contributed by atoms with Gasteiger partial charge in [0.25, 0.3) is 0 Å². The number of halogens is 1. The second-order valence-electron chi connectivity index (χ2n) is 1.83. The molecule has 0 radical (unpaired) electrons. The molecular weight excluding hydrogens is 184 g/mol. The van der Waals surface area contributed by atoms with Gasteiger partial charge in [-0.1, -0.05) is 11.6 Å². The van der Waals surface area contributed by atoms with Crippen molar-refractivity contribution >= 4 is 23.3 Å². The van der Waals surface area contributed by atoms with Gasteiger partial charge in [0, 0.05) is 12.4 Å². The molecule has 0 atom stereocenters. The van der Waals surface area contributed by atoms with E-state index in [4.69, 9.17) is 11.6 Å². The Labute approximate surface area is 71.8 Å². The van der Waals surface area contributed by atoms with Gasteiger partial charge in [0.05, 0.1) is 11.7 Å². The van der Waals surface area contributed by atoms with Crippen molar-refractivity contribution in [2.75, 3.05) is 0 Å². The lowest BCUT2D eigenvalue weighted by atomic mass is 10.7. The summed E-state index contributed by atoms with van der Waals surface area (Å²) in [7, 11) is 0. The normalized spacial score (nSPS) is 10.3. The van der Waals surface area contributed by atoms with Gasteiger partial charge in [-0.25, -0.2) is 4.68 Å². The molecule has 11 heavy (non-hydrogen) atoms. The molecular formula is C5H3ClN4S. The smallest absolute Gasteiger partial charge is 0.206 e. The number of nitrogens with zero attached hydrogens (tertiary/aromatic N) is 4. The minimum atomic E-state index is 0.388. The first-order valence-corrected chi connectivity index (χ1v) is 3.97. The van der Waals surface area contributed by atoms with E-state index in [9.17, 15) is 0 Å². The van der Waals surface area contributed by atoms with E-state index >= 15 is 0 Å². The first kappa shape index (κ1) is 6.75. The summed E-state index contributed by atoms with van der Waals surface area (Å²) in [5, 5.41) is 4.34. The van der Waals surface area contributed by atoms with Crippen molar-refractivity contribution in [2.45, 2.75) is 0 Å². The van der Waals surface area contributed by atoms with Crippen LogP contribution >= 0.6 is 23.3 Å². The van der Waals surface area contributed by atoms with Gasteiger partial charge in [0.2, 0.25) is 5.82 Å². The SMILES string of the molecule is Clc1nsnc1-n1cccn1. The van der Waals surface area contributed by atoms with Crippen molar-refractivity contribution in [3.63, 3.8) is 0 Å². The fraction of sp³-hybridized carbons (Fsp3) is 0. The van der Waals surface area contributed by atoms with E-state index in [1.165, 1.54) is 0 Å². The third kappa shape index (κ3) is 1.12. The minimum Gasteiger partial charge on any atom is -0.219 e. The lowest BCUT2D eigenvalue weighted by Gasteiger charge is -1.91. The Kier molecular flexibility index (Phi) is 1.59. The van der Waals surface area contributed by atoms with Crippen LogP contribution < -0.4 is 0 Å². The zero-order valence-electron chi connectivity index (χ0n) is 5.31. The Bertz CT molecular complexity index is 341. The summed E-state index contributed by atoms with van der Waals surface area (Å²) in [5.41, 5.74) is 0. The van der Waals surface area contributed by atoms with Crippen LogP contribution in [0, 0.1) is 0 Å². The summed E-state index contributed by atoms with van der Waals surface area (Å²) >= 11 is 6.78. The van der Waals surface area contributed by atoms with Gasteiger partial charge in [-0.05, 0) is 6.07 Å². The van der Waals surface area contributed by atoms with Crippen LogP contribution in [0.15, 0.2) is 18.5 Å². The Morgan fingerprint density at radius 1 is 1.45 bits per heavy atom. The molecule has 0 N–H and O–H groups in total. The van der Waals surface area contributed by atoms with Crippen molar-refractivity contribution in [1.29, 1.82) is 0 Å². The number of rotatable bonds is 1. The fourth-order valence-corrected chi connectivity index (χ4v) is 1.42. The third-order valence-electron chi connectivity index (χ3n) is 1.15. The molecule has 4 nitrogen and oxygen atoms in total. The maximum Gasteiger partial charge on any atom is 0.206 e. The van der Waals surface area contributed by atoms with Crippen LogP contribution in [-0.2, 0) is 0 Å². The van der Waals surface area contributed by atoms with Crippen molar-refractivity contribution < 1.29 is 0 Å². The van der Waals surface area contributed by atoms with E-state index in [1.54, 1.807) is 23.1 Å². The molecule has 0 spiro atoms. The monoisotopic (exact) mass is 186 g/mol. The summed E-state index contributed by atoms with van der Waals surface area (Å²) in [6.07, 6.45) is 3.43. The van der Waals surface area contributed by atoms with Crippen LogP contribution in [0.3, 0.4) is 0 Å². The van der Waals surface area contributed by atoms with Crippen molar-refractivity contribution in [3.05, 3.63) is 23.6 Å². The molecule has 0 saturated heterocycles. The second kappa shape index (κ2) is 2.60. The van der Waals surface area contributed by atoms with E-state index in [2.05, 4.69) is 13.8 Å². The standard InChI is InChI=1S/C5H3ClN4S/c6-4-5(9-11-8-4)10-3-1-2-7-10/h1-3H. The van der Waals surface area contributed by atoms with Crippen LogP contribution in [0.1, 0.15) is 0 Å². The predicted octanol–water partition coefficient (Wildman–Crippen LogP) is 1.38. The van der Waals surface area contributed by atoms with Gasteiger partial charge in [-0.3, -0.25) is 0 Å². The van der Waals surface area contributed by atoms with Crippen molar-refractivity contribution in [3.8, 4) is 5.82 Å². The average Bonchev–Trinajstić information content (AvgIpc) is 2.55. The molecule has 2 aromatic heterocycles. The molecule has 0 saturated carbocycles. The molecule has 0 aromatic carbocycles. The van der Waals surface area contributed by atoms with E-state index in [0.29, 0.717) is 11.0 Å². The highest BCUT2D eigenvalue weighted by Gasteiger charge is 2.05. The van der Waals surface area contributed by atoms with Crippen molar-refractivity contribution in [2.24, 2.45) is 0 Å². The highest BCUT2D eigenvalue weighted by Crippen LogP contribution is 2.15. The molecule has 2 heterocycles. The van der Waals surface area contributed by atoms with Gasteiger partial charge in [0.15, 0.2) is 5.15 Å². The minimum absolute atomic E-state index is 0.388. The summed E-state index contributed by atoms with van der Waals surface area (Å²) in [6.45, 7) is 0. The number of hydrogen-bond donors (Lipinski definition) is 0. The largest absolute Gasteiger partial charge is 0.219 e. The number of hydrogen-bond acceptors (Lipinski definition) is 4. The summed E-state index contributed by atoms with van der Waals surface area (Å²) in [6, 6.07) is 1.80.